The highest BCUT2D eigenvalue weighted by molar-refractivity contribution is 5.97. The topological polar surface area (TPSA) is 66.0 Å². The molecule has 0 fully saturated rings. The Balaban J connectivity index is 2.21. The molecule has 0 radical (unpaired) electrons. The van der Waals surface area contributed by atoms with Crippen LogP contribution in [0.3, 0.4) is 0 Å². The van der Waals surface area contributed by atoms with Crippen LogP contribution in [-0.4, -0.2) is 21.0 Å². The lowest BCUT2D eigenvalue weighted by molar-refractivity contribution is -0.136. The number of fused-ring (bicyclic) bond motifs is 1. The molecule has 0 saturated heterocycles. The number of rotatable bonds is 2. The van der Waals surface area contributed by atoms with Crippen molar-refractivity contribution in [3.8, 4) is 11.3 Å². The van der Waals surface area contributed by atoms with Gasteiger partial charge in [-0.2, -0.15) is 13.2 Å². The predicted octanol–water partition coefficient (Wildman–Crippen LogP) is 3.95. The Morgan fingerprint density at radius 3 is 2.55 bits per heavy atom. The summed E-state index contributed by atoms with van der Waals surface area (Å²) in [4.78, 5) is 17.5. The molecule has 0 spiro atoms. The second-order valence-corrected chi connectivity index (χ2v) is 4.67. The number of halogens is 3. The van der Waals surface area contributed by atoms with Gasteiger partial charge in [-0.15, -0.1) is 0 Å². The van der Waals surface area contributed by atoms with Gasteiger partial charge in [-0.05, 0) is 24.3 Å². The number of aromatic nitrogens is 2. The third kappa shape index (κ3) is 2.30. The molecule has 22 heavy (non-hydrogen) atoms. The number of nitrogens with zero attached hydrogens (tertiary/aromatic N) is 1. The van der Waals surface area contributed by atoms with E-state index in [9.17, 15) is 18.0 Å². The number of pyridine rings is 1. The number of benzene rings is 1. The molecule has 0 aliphatic heterocycles. The van der Waals surface area contributed by atoms with Crippen LogP contribution >= 0.6 is 0 Å². The Kier molecular flexibility index (Phi) is 3.13. The standard InChI is InChI=1S/C15H9F3N2O2/c16-15(17,18)10-2-1-3-12-13(10)9(7-20-12)11-5-4-8(6-19-11)14(21)22/h1-7,20H,(H,21,22). The molecule has 0 unspecified atom stereocenters. The second kappa shape index (κ2) is 4.87. The van der Waals surface area contributed by atoms with E-state index in [1.165, 1.54) is 24.4 Å². The lowest BCUT2D eigenvalue weighted by Crippen LogP contribution is -2.05. The summed E-state index contributed by atoms with van der Waals surface area (Å²) in [7, 11) is 0. The summed E-state index contributed by atoms with van der Waals surface area (Å²) in [6.07, 6.45) is -1.94. The zero-order chi connectivity index (χ0) is 15.9. The summed E-state index contributed by atoms with van der Waals surface area (Å²) in [5.41, 5.74) is 0.103. The molecule has 0 aliphatic rings. The molecule has 4 nitrogen and oxygen atoms in total. The third-order valence-corrected chi connectivity index (χ3v) is 3.30. The van der Waals surface area contributed by atoms with Gasteiger partial charge in [0.15, 0.2) is 0 Å². The van der Waals surface area contributed by atoms with Crippen molar-refractivity contribution >= 4 is 16.9 Å². The van der Waals surface area contributed by atoms with Crippen LogP contribution in [-0.2, 0) is 6.18 Å². The fraction of sp³-hybridized carbons (Fsp3) is 0.0667. The normalized spacial score (nSPS) is 11.8. The molecule has 0 aliphatic carbocycles. The zero-order valence-electron chi connectivity index (χ0n) is 11.0. The molecule has 0 saturated carbocycles. The number of hydrogen-bond donors (Lipinski definition) is 2. The first kappa shape index (κ1) is 14.1. The van der Waals surface area contributed by atoms with Gasteiger partial charge in [0.25, 0.3) is 0 Å². The molecule has 0 atom stereocenters. The van der Waals surface area contributed by atoms with Gasteiger partial charge in [0.2, 0.25) is 0 Å². The minimum Gasteiger partial charge on any atom is -0.478 e. The fourth-order valence-electron chi connectivity index (χ4n) is 2.30. The number of carboxylic acids is 1. The molecular formula is C15H9F3N2O2. The first-order valence-corrected chi connectivity index (χ1v) is 6.25. The van der Waals surface area contributed by atoms with Crippen molar-refractivity contribution in [1.82, 2.24) is 9.97 Å². The van der Waals surface area contributed by atoms with Crippen LogP contribution in [0.1, 0.15) is 15.9 Å². The molecule has 112 valence electrons. The Bertz CT molecular complexity index is 851. The highest BCUT2D eigenvalue weighted by atomic mass is 19.4. The first-order valence-electron chi connectivity index (χ1n) is 6.25. The number of hydrogen-bond acceptors (Lipinski definition) is 2. The van der Waals surface area contributed by atoms with Crippen LogP contribution in [0.4, 0.5) is 13.2 Å². The minimum absolute atomic E-state index is 0.0191. The molecule has 7 heteroatoms. The molecule has 2 heterocycles. The highest BCUT2D eigenvalue weighted by Crippen LogP contribution is 2.39. The van der Waals surface area contributed by atoms with Crippen molar-refractivity contribution < 1.29 is 23.1 Å². The maximum atomic E-state index is 13.1. The van der Waals surface area contributed by atoms with Gasteiger partial charge in [0.1, 0.15) is 0 Å². The molecule has 0 amide bonds. The summed E-state index contributed by atoms with van der Waals surface area (Å²) in [6.45, 7) is 0. The molecule has 1 aromatic carbocycles. The van der Waals surface area contributed by atoms with E-state index in [4.69, 9.17) is 5.11 Å². The molecular weight excluding hydrogens is 297 g/mol. The largest absolute Gasteiger partial charge is 0.478 e. The number of carboxylic acid groups (broad SMARTS) is 1. The molecule has 2 N–H and O–H groups in total. The quantitative estimate of drug-likeness (QED) is 0.753. The SMILES string of the molecule is O=C(O)c1ccc(-c2c[nH]c3cccc(C(F)(F)F)c23)nc1. The van der Waals surface area contributed by atoms with E-state index in [2.05, 4.69) is 9.97 Å². The predicted molar refractivity (Wildman–Crippen MR) is 73.5 cm³/mol. The number of aromatic amines is 1. The van der Waals surface area contributed by atoms with E-state index >= 15 is 0 Å². The average molecular weight is 306 g/mol. The van der Waals surface area contributed by atoms with Crippen molar-refractivity contribution in [2.45, 2.75) is 6.18 Å². The van der Waals surface area contributed by atoms with Gasteiger partial charge in [-0.25, -0.2) is 4.79 Å². The minimum atomic E-state index is -4.49. The lowest BCUT2D eigenvalue weighted by atomic mass is 10.0. The van der Waals surface area contributed by atoms with Gasteiger partial charge in [0, 0.05) is 28.9 Å². The maximum absolute atomic E-state index is 13.1. The van der Waals surface area contributed by atoms with E-state index in [0.717, 1.165) is 12.3 Å². The number of aromatic carboxylic acids is 1. The van der Waals surface area contributed by atoms with Crippen molar-refractivity contribution in [2.75, 3.05) is 0 Å². The van der Waals surface area contributed by atoms with Gasteiger partial charge >= 0.3 is 12.1 Å². The van der Waals surface area contributed by atoms with Crippen LogP contribution in [0.25, 0.3) is 22.2 Å². The van der Waals surface area contributed by atoms with Gasteiger partial charge in [-0.1, -0.05) is 6.07 Å². The smallest absolute Gasteiger partial charge is 0.417 e. The van der Waals surface area contributed by atoms with Crippen molar-refractivity contribution in [2.24, 2.45) is 0 Å². The Hall–Kier alpha value is -2.83. The number of H-pyrrole nitrogens is 1. The summed E-state index contributed by atoms with van der Waals surface area (Å²) < 4.78 is 39.4. The van der Waals surface area contributed by atoms with Crippen LogP contribution in [0, 0.1) is 0 Å². The number of alkyl halides is 3. The average Bonchev–Trinajstić information content (AvgIpc) is 2.90. The molecule has 3 aromatic rings. The first-order chi connectivity index (χ1) is 10.4. The lowest BCUT2D eigenvalue weighted by Gasteiger charge is -2.09. The van der Waals surface area contributed by atoms with Gasteiger partial charge < -0.3 is 10.1 Å². The number of carbonyl (C=O) groups is 1. The third-order valence-electron chi connectivity index (χ3n) is 3.30. The van der Waals surface area contributed by atoms with E-state index in [1.54, 1.807) is 6.07 Å². The van der Waals surface area contributed by atoms with E-state index in [-0.39, 0.29) is 22.2 Å². The Morgan fingerprint density at radius 2 is 1.95 bits per heavy atom. The summed E-state index contributed by atoms with van der Waals surface area (Å²) in [5.74, 6) is -1.14. The van der Waals surface area contributed by atoms with Crippen LogP contribution in [0.15, 0.2) is 42.7 Å². The fourth-order valence-corrected chi connectivity index (χ4v) is 2.30. The van der Waals surface area contributed by atoms with Crippen molar-refractivity contribution in [1.29, 1.82) is 0 Å². The Morgan fingerprint density at radius 1 is 1.18 bits per heavy atom. The summed E-state index contributed by atoms with van der Waals surface area (Å²) >= 11 is 0. The summed E-state index contributed by atoms with van der Waals surface area (Å²) in [6, 6.07) is 6.57. The van der Waals surface area contributed by atoms with Crippen molar-refractivity contribution in [3.63, 3.8) is 0 Å². The van der Waals surface area contributed by atoms with Gasteiger partial charge in [-0.3, -0.25) is 4.98 Å². The van der Waals surface area contributed by atoms with Gasteiger partial charge in [0.05, 0.1) is 16.8 Å². The maximum Gasteiger partial charge on any atom is 0.417 e. The monoisotopic (exact) mass is 306 g/mol. The van der Waals surface area contributed by atoms with E-state index in [0.29, 0.717) is 5.52 Å². The second-order valence-electron chi connectivity index (χ2n) is 4.67. The Labute approximate surface area is 122 Å². The van der Waals surface area contributed by atoms with E-state index in [1.807, 2.05) is 0 Å². The van der Waals surface area contributed by atoms with Crippen LogP contribution < -0.4 is 0 Å². The molecule has 3 rings (SSSR count). The van der Waals surface area contributed by atoms with Crippen molar-refractivity contribution in [3.05, 3.63) is 53.9 Å². The highest BCUT2D eigenvalue weighted by Gasteiger charge is 2.33. The molecule has 0 bridgehead atoms. The van der Waals surface area contributed by atoms with Crippen LogP contribution in [0.2, 0.25) is 0 Å². The molecule has 2 aromatic heterocycles. The summed E-state index contributed by atoms with van der Waals surface area (Å²) in [5, 5.41) is 8.85. The van der Waals surface area contributed by atoms with Crippen LogP contribution in [0.5, 0.6) is 0 Å². The zero-order valence-corrected chi connectivity index (χ0v) is 11.0. The number of nitrogens with one attached hydrogen (secondary N) is 1. The van der Waals surface area contributed by atoms with E-state index < -0.39 is 17.7 Å².